The SMILES string of the molecule is C[Si]CCO[Si](C)(C)C. The highest BCUT2D eigenvalue weighted by molar-refractivity contribution is 6.69. The van der Waals surface area contributed by atoms with Gasteiger partial charge in [0.1, 0.15) is 0 Å². The standard InChI is InChI=1S/C6H16OSi2/c1-8-6-5-7-9(2,3)4/h5-6H2,1-4H3. The van der Waals surface area contributed by atoms with Gasteiger partial charge in [-0.15, -0.1) is 0 Å². The fourth-order valence-electron chi connectivity index (χ4n) is 0.459. The molecule has 0 bridgehead atoms. The lowest BCUT2D eigenvalue weighted by atomic mass is 10.9. The Bertz CT molecular complexity index is 67.9. The second kappa shape index (κ2) is 4.25. The van der Waals surface area contributed by atoms with Crippen LogP contribution in [-0.2, 0) is 4.43 Å². The van der Waals surface area contributed by atoms with Gasteiger partial charge < -0.3 is 4.43 Å². The molecule has 3 heteroatoms. The maximum atomic E-state index is 5.62. The Hall–Kier alpha value is 0.394. The Morgan fingerprint density at radius 2 is 1.89 bits per heavy atom. The minimum atomic E-state index is -1.19. The van der Waals surface area contributed by atoms with E-state index in [0.717, 1.165) is 16.1 Å². The van der Waals surface area contributed by atoms with Crippen LogP contribution in [0, 0.1) is 0 Å². The zero-order valence-corrected chi connectivity index (χ0v) is 8.82. The van der Waals surface area contributed by atoms with Crippen molar-refractivity contribution in [3.8, 4) is 0 Å². The van der Waals surface area contributed by atoms with Gasteiger partial charge in [0.2, 0.25) is 0 Å². The highest BCUT2D eigenvalue weighted by Gasteiger charge is 2.12. The summed E-state index contributed by atoms with van der Waals surface area (Å²) in [5.74, 6) is 0. The fourth-order valence-corrected chi connectivity index (χ4v) is 1.68. The van der Waals surface area contributed by atoms with Gasteiger partial charge in [-0.05, 0) is 25.7 Å². The molecular formula is C6H16OSi2. The summed E-state index contributed by atoms with van der Waals surface area (Å²) in [7, 11) is -0.149. The summed E-state index contributed by atoms with van der Waals surface area (Å²) in [6, 6.07) is 1.24. The van der Waals surface area contributed by atoms with Crippen LogP contribution in [0.2, 0.25) is 32.2 Å². The zero-order chi connectivity index (χ0) is 7.33. The summed E-state index contributed by atoms with van der Waals surface area (Å²) >= 11 is 0. The molecule has 0 spiro atoms. The number of hydrogen-bond donors (Lipinski definition) is 0. The molecule has 0 rings (SSSR count). The van der Waals surface area contributed by atoms with Crippen molar-refractivity contribution in [2.24, 2.45) is 0 Å². The van der Waals surface area contributed by atoms with Crippen LogP contribution in [0.15, 0.2) is 0 Å². The highest BCUT2D eigenvalue weighted by Crippen LogP contribution is 2.02. The molecule has 2 radical (unpaired) electrons. The van der Waals surface area contributed by atoms with Crippen molar-refractivity contribution in [3.63, 3.8) is 0 Å². The Morgan fingerprint density at radius 3 is 2.22 bits per heavy atom. The van der Waals surface area contributed by atoms with Crippen molar-refractivity contribution in [2.75, 3.05) is 6.61 Å². The molecular weight excluding hydrogens is 144 g/mol. The van der Waals surface area contributed by atoms with Gasteiger partial charge in [-0.2, -0.15) is 0 Å². The first-order valence-corrected chi connectivity index (χ1v) is 8.46. The first-order chi connectivity index (χ1) is 4.06. The first kappa shape index (κ1) is 9.39. The molecule has 0 amide bonds. The molecule has 9 heavy (non-hydrogen) atoms. The highest BCUT2D eigenvalue weighted by atomic mass is 28.4. The van der Waals surface area contributed by atoms with Gasteiger partial charge in [-0.3, -0.25) is 0 Å². The topological polar surface area (TPSA) is 9.23 Å². The van der Waals surface area contributed by atoms with E-state index in [4.69, 9.17) is 4.43 Å². The summed E-state index contributed by atoms with van der Waals surface area (Å²) in [5.41, 5.74) is 0. The van der Waals surface area contributed by atoms with E-state index in [9.17, 15) is 0 Å². The largest absolute Gasteiger partial charge is 0.418 e. The maximum Gasteiger partial charge on any atom is 0.183 e. The molecule has 0 aliphatic heterocycles. The summed E-state index contributed by atoms with van der Waals surface area (Å²) in [4.78, 5) is 0. The minimum absolute atomic E-state index is 0.977. The van der Waals surface area contributed by atoms with Crippen molar-refractivity contribution >= 4 is 17.8 Å². The van der Waals surface area contributed by atoms with Gasteiger partial charge in [0.05, 0.1) is 0 Å². The Kier molecular flexibility index (Phi) is 4.43. The monoisotopic (exact) mass is 160 g/mol. The first-order valence-electron chi connectivity index (χ1n) is 3.35. The van der Waals surface area contributed by atoms with Crippen molar-refractivity contribution in [2.45, 2.75) is 32.2 Å². The Labute approximate surface area is 61.8 Å². The molecule has 54 valence electrons. The Balaban J connectivity index is 3.07. The van der Waals surface area contributed by atoms with Crippen LogP contribution >= 0.6 is 0 Å². The van der Waals surface area contributed by atoms with E-state index >= 15 is 0 Å². The van der Waals surface area contributed by atoms with Crippen LogP contribution in [0.3, 0.4) is 0 Å². The van der Waals surface area contributed by atoms with Gasteiger partial charge in [0.15, 0.2) is 8.32 Å². The number of rotatable bonds is 4. The van der Waals surface area contributed by atoms with Gasteiger partial charge in [0.25, 0.3) is 0 Å². The average Bonchev–Trinajstić information content (AvgIpc) is 1.63. The van der Waals surface area contributed by atoms with Gasteiger partial charge in [-0.25, -0.2) is 0 Å². The van der Waals surface area contributed by atoms with E-state index in [0.29, 0.717) is 0 Å². The van der Waals surface area contributed by atoms with E-state index in [2.05, 4.69) is 26.2 Å². The van der Waals surface area contributed by atoms with Crippen LogP contribution in [0.4, 0.5) is 0 Å². The zero-order valence-electron chi connectivity index (χ0n) is 6.82. The van der Waals surface area contributed by atoms with Crippen LogP contribution in [0.5, 0.6) is 0 Å². The van der Waals surface area contributed by atoms with Gasteiger partial charge in [-0.1, -0.05) is 6.55 Å². The third-order valence-electron chi connectivity index (χ3n) is 0.887. The Morgan fingerprint density at radius 1 is 1.33 bits per heavy atom. The van der Waals surface area contributed by atoms with Crippen LogP contribution in [0.25, 0.3) is 0 Å². The molecule has 0 saturated heterocycles. The van der Waals surface area contributed by atoms with Crippen LogP contribution in [0.1, 0.15) is 0 Å². The van der Waals surface area contributed by atoms with E-state index in [1.807, 2.05) is 0 Å². The molecule has 0 fully saturated rings. The van der Waals surface area contributed by atoms with E-state index < -0.39 is 8.32 Å². The molecule has 0 atom stereocenters. The van der Waals surface area contributed by atoms with Crippen molar-refractivity contribution in [1.29, 1.82) is 0 Å². The molecule has 0 aliphatic carbocycles. The smallest absolute Gasteiger partial charge is 0.183 e. The molecule has 0 aromatic heterocycles. The van der Waals surface area contributed by atoms with Crippen molar-refractivity contribution in [1.82, 2.24) is 0 Å². The molecule has 0 aromatic carbocycles. The molecule has 0 unspecified atom stereocenters. The summed E-state index contributed by atoms with van der Waals surface area (Å²) in [5, 5.41) is 0. The summed E-state index contributed by atoms with van der Waals surface area (Å²) in [6.45, 7) is 9.88. The molecule has 1 nitrogen and oxygen atoms in total. The van der Waals surface area contributed by atoms with Gasteiger partial charge >= 0.3 is 0 Å². The van der Waals surface area contributed by atoms with E-state index in [1.165, 1.54) is 6.04 Å². The second-order valence-electron chi connectivity index (χ2n) is 3.06. The molecule has 0 heterocycles. The lowest BCUT2D eigenvalue weighted by molar-refractivity contribution is 0.334. The lowest BCUT2D eigenvalue weighted by Crippen LogP contribution is -2.25. The summed E-state index contributed by atoms with van der Waals surface area (Å²) < 4.78 is 5.62. The van der Waals surface area contributed by atoms with E-state index in [1.54, 1.807) is 0 Å². The minimum Gasteiger partial charge on any atom is -0.418 e. The van der Waals surface area contributed by atoms with Crippen molar-refractivity contribution < 1.29 is 4.43 Å². The second-order valence-corrected chi connectivity index (χ2v) is 8.78. The molecule has 0 aliphatic rings. The number of hydrogen-bond acceptors (Lipinski definition) is 1. The van der Waals surface area contributed by atoms with Gasteiger partial charge in [0, 0.05) is 16.1 Å². The third-order valence-corrected chi connectivity index (χ3v) is 2.66. The van der Waals surface area contributed by atoms with E-state index in [-0.39, 0.29) is 0 Å². The fraction of sp³-hybridized carbons (Fsp3) is 1.00. The van der Waals surface area contributed by atoms with Crippen LogP contribution < -0.4 is 0 Å². The van der Waals surface area contributed by atoms with Crippen molar-refractivity contribution in [3.05, 3.63) is 0 Å². The lowest BCUT2D eigenvalue weighted by Gasteiger charge is -2.16. The molecule has 0 saturated carbocycles. The predicted octanol–water partition coefficient (Wildman–Crippen LogP) is 2.01. The third kappa shape index (κ3) is 8.39. The molecule has 0 aromatic rings. The quantitative estimate of drug-likeness (QED) is 0.451. The van der Waals surface area contributed by atoms with Crippen LogP contribution in [-0.4, -0.2) is 24.4 Å². The maximum absolute atomic E-state index is 5.62. The normalized spacial score (nSPS) is 12.0. The summed E-state index contributed by atoms with van der Waals surface area (Å²) in [6.07, 6.45) is 0. The average molecular weight is 160 g/mol. The predicted molar refractivity (Wildman–Crippen MR) is 45.7 cm³/mol. The molecule has 0 N–H and O–H groups in total.